The molecule has 0 aromatic heterocycles. The molecule has 1 aliphatic heterocycles. The van der Waals surface area contributed by atoms with E-state index in [2.05, 4.69) is 5.32 Å². The number of fused-ring (bicyclic) bond motifs is 1. The summed E-state index contributed by atoms with van der Waals surface area (Å²) >= 11 is 0. The van der Waals surface area contributed by atoms with Gasteiger partial charge >= 0.3 is 16.4 Å². The lowest BCUT2D eigenvalue weighted by atomic mass is 9.98. The van der Waals surface area contributed by atoms with E-state index >= 15 is 0 Å². The van der Waals surface area contributed by atoms with Gasteiger partial charge in [0.25, 0.3) is 0 Å². The second-order valence-corrected chi connectivity index (χ2v) is 6.38. The highest BCUT2D eigenvalue weighted by Gasteiger charge is 2.35. The Labute approximate surface area is 121 Å². The number of nitrogens with zero attached hydrogens (tertiary/aromatic N) is 1. The molecule has 1 heterocycles. The van der Waals surface area contributed by atoms with E-state index in [0.29, 0.717) is 12.1 Å². The van der Waals surface area contributed by atoms with Gasteiger partial charge in [0, 0.05) is 12.6 Å². The highest BCUT2D eigenvalue weighted by Crippen LogP contribution is 2.34. The smallest absolute Gasteiger partial charge is 0.313 e. The van der Waals surface area contributed by atoms with E-state index in [1.807, 2.05) is 0 Å². The van der Waals surface area contributed by atoms with Crippen LogP contribution in [0.2, 0.25) is 0 Å². The first-order valence-electron chi connectivity index (χ1n) is 6.35. The van der Waals surface area contributed by atoms with Crippen molar-refractivity contribution in [1.29, 1.82) is 0 Å². The quantitative estimate of drug-likeness (QED) is 0.884. The Hall–Kier alpha value is -1.32. The van der Waals surface area contributed by atoms with Crippen LogP contribution in [-0.2, 0) is 10.2 Å². The first-order chi connectivity index (χ1) is 9.74. The van der Waals surface area contributed by atoms with Gasteiger partial charge < -0.3 is 5.32 Å². The average molecular weight is 323 g/mol. The lowest BCUT2D eigenvalue weighted by molar-refractivity contribution is -0.121. The Morgan fingerprint density at radius 3 is 2.62 bits per heavy atom. The van der Waals surface area contributed by atoms with Crippen LogP contribution in [0.1, 0.15) is 18.0 Å². The van der Waals surface area contributed by atoms with Gasteiger partial charge in [0.1, 0.15) is 6.54 Å². The molecule has 0 saturated heterocycles. The summed E-state index contributed by atoms with van der Waals surface area (Å²) in [6.07, 6.45) is -4.10. The SMILES string of the molecule is CNC1CCN(S(=O)(=O)NCC(F)(F)F)c2ccccc21. The van der Waals surface area contributed by atoms with Gasteiger partial charge in [-0.3, -0.25) is 4.31 Å². The van der Waals surface area contributed by atoms with Crippen molar-refractivity contribution in [3.8, 4) is 0 Å². The highest BCUT2D eigenvalue weighted by atomic mass is 32.2. The summed E-state index contributed by atoms with van der Waals surface area (Å²) in [6, 6.07) is 6.76. The zero-order chi connectivity index (χ0) is 15.7. The first kappa shape index (κ1) is 16.1. The molecule has 0 fully saturated rings. The Morgan fingerprint density at radius 1 is 1.33 bits per heavy atom. The molecule has 2 N–H and O–H groups in total. The lowest BCUT2D eigenvalue weighted by Crippen LogP contribution is -2.47. The normalized spacial score (nSPS) is 19.4. The van der Waals surface area contributed by atoms with Crippen molar-refractivity contribution in [3.05, 3.63) is 29.8 Å². The topological polar surface area (TPSA) is 61.4 Å². The fourth-order valence-corrected chi connectivity index (χ4v) is 3.60. The molecule has 1 atom stereocenters. The van der Waals surface area contributed by atoms with Crippen LogP contribution in [0.15, 0.2) is 24.3 Å². The summed E-state index contributed by atoms with van der Waals surface area (Å²) in [5, 5.41) is 3.07. The third kappa shape index (κ3) is 3.66. The van der Waals surface area contributed by atoms with Gasteiger partial charge in [0.15, 0.2) is 0 Å². The Bertz CT molecular complexity index is 604. The van der Waals surface area contributed by atoms with Gasteiger partial charge in [-0.05, 0) is 25.1 Å². The molecule has 0 aliphatic carbocycles. The van der Waals surface area contributed by atoms with Gasteiger partial charge in [-0.15, -0.1) is 0 Å². The number of benzene rings is 1. The maximum atomic E-state index is 12.2. The van der Waals surface area contributed by atoms with Crippen LogP contribution in [0.5, 0.6) is 0 Å². The number of halogens is 3. The van der Waals surface area contributed by atoms with E-state index in [4.69, 9.17) is 0 Å². The van der Waals surface area contributed by atoms with E-state index in [9.17, 15) is 21.6 Å². The van der Waals surface area contributed by atoms with Crippen molar-refractivity contribution in [2.45, 2.75) is 18.6 Å². The minimum absolute atomic E-state index is 0.0183. The van der Waals surface area contributed by atoms with Crippen molar-refractivity contribution >= 4 is 15.9 Å². The summed E-state index contributed by atoms with van der Waals surface area (Å²) in [5.41, 5.74) is 1.15. The second-order valence-electron chi connectivity index (χ2n) is 4.70. The van der Waals surface area contributed by atoms with E-state index < -0.39 is 22.9 Å². The van der Waals surface area contributed by atoms with Crippen LogP contribution < -0.4 is 14.3 Å². The number of hydrogen-bond acceptors (Lipinski definition) is 3. The second kappa shape index (κ2) is 5.82. The zero-order valence-corrected chi connectivity index (χ0v) is 12.1. The van der Waals surface area contributed by atoms with Crippen LogP contribution >= 0.6 is 0 Å². The number of alkyl halides is 3. The summed E-state index contributed by atoms with van der Waals surface area (Å²) in [5.74, 6) is 0. The fourth-order valence-electron chi connectivity index (χ4n) is 2.33. The molecule has 2 rings (SSSR count). The molecule has 1 aliphatic rings. The van der Waals surface area contributed by atoms with Crippen molar-refractivity contribution in [2.75, 3.05) is 24.4 Å². The number of anilines is 1. The fraction of sp³-hybridized carbons (Fsp3) is 0.500. The maximum Gasteiger partial charge on any atom is 0.402 e. The monoisotopic (exact) mass is 323 g/mol. The molecule has 118 valence electrons. The summed E-state index contributed by atoms with van der Waals surface area (Å²) < 4.78 is 63.4. The Morgan fingerprint density at radius 2 is 2.00 bits per heavy atom. The molecular weight excluding hydrogens is 307 g/mol. The molecule has 1 aromatic rings. The number of hydrogen-bond donors (Lipinski definition) is 2. The maximum absolute atomic E-state index is 12.2. The zero-order valence-electron chi connectivity index (χ0n) is 11.3. The van der Waals surface area contributed by atoms with Crippen LogP contribution in [0, 0.1) is 0 Å². The minimum atomic E-state index is -4.59. The molecule has 1 aromatic carbocycles. The third-order valence-corrected chi connectivity index (χ3v) is 4.76. The van der Waals surface area contributed by atoms with Gasteiger partial charge in [-0.2, -0.15) is 26.3 Å². The molecule has 0 amide bonds. The molecule has 0 bridgehead atoms. The predicted octanol–water partition coefficient (Wildman–Crippen LogP) is 1.55. The van der Waals surface area contributed by atoms with Crippen LogP contribution in [0.3, 0.4) is 0 Å². The molecule has 0 radical (unpaired) electrons. The van der Waals surface area contributed by atoms with E-state index in [1.165, 1.54) is 0 Å². The molecule has 0 spiro atoms. The van der Waals surface area contributed by atoms with E-state index in [0.717, 1.165) is 9.87 Å². The summed E-state index contributed by atoms with van der Waals surface area (Å²) in [7, 11) is -2.47. The van der Waals surface area contributed by atoms with Crippen molar-refractivity contribution in [3.63, 3.8) is 0 Å². The van der Waals surface area contributed by atoms with Crippen molar-refractivity contribution in [1.82, 2.24) is 10.0 Å². The molecule has 21 heavy (non-hydrogen) atoms. The molecule has 9 heteroatoms. The largest absolute Gasteiger partial charge is 0.402 e. The highest BCUT2D eigenvalue weighted by molar-refractivity contribution is 7.90. The number of nitrogens with one attached hydrogen (secondary N) is 2. The van der Waals surface area contributed by atoms with Gasteiger partial charge in [-0.25, -0.2) is 0 Å². The van der Waals surface area contributed by atoms with Crippen LogP contribution in [-0.4, -0.2) is 34.7 Å². The van der Waals surface area contributed by atoms with Crippen LogP contribution in [0.4, 0.5) is 18.9 Å². The van der Waals surface area contributed by atoms with Gasteiger partial charge in [0.05, 0.1) is 5.69 Å². The standard InChI is InChI=1S/C12H16F3N3O2S/c1-16-10-6-7-18(11-5-3-2-4-9(10)11)21(19,20)17-8-12(13,14)15/h2-5,10,16-17H,6-8H2,1H3. The molecule has 1 unspecified atom stereocenters. The Balaban J connectivity index is 2.29. The van der Waals surface area contributed by atoms with Crippen molar-refractivity contribution in [2.24, 2.45) is 0 Å². The van der Waals surface area contributed by atoms with E-state index in [-0.39, 0.29) is 12.6 Å². The molecular formula is C12H16F3N3O2S. The van der Waals surface area contributed by atoms with Crippen molar-refractivity contribution < 1.29 is 21.6 Å². The van der Waals surface area contributed by atoms with E-state index in [1.54, 1.807) is 36.0 Å². The molecule has 0 saturated carbocycles. The summed E-state index contributed by atoms with van der Waals surface area (Å²) in [4.78, 5) is 0. The third-order valence-electron chi connectivity index (χ3n) is 3.30. The average Bonchev–Trinajstić information content (AvgIpc) is 2.43. The number of para-hydroxylation sites is 1. The molecule has 5 nitrogen and oxygen atoms in total. The minimum Gasteiger partial charge on any atom is -0.313 e. The summed E-state index contributed by atoms with van der Waals surface area (Å²) in [6.45, 7) is -1.46. The first-order valence-corrected chi connectivity index (χ1v) is 7.79. The van der Waals surface area contributed by atoms with Gasteiger partial charge in [0.2, 0.25) is 0 Å². The number of rotatable bonds is 4. The predicted molar refractivity (Wildman–Crippen MR) is 73.2 cm³/mol. The lowest BCUT2D eigenvalue weighted by Gasteiger charge is -2.34. The van der Waals surface area contributed by atoms with Gasteiger partial charge in [-0.1, -0.05) is 18.2 Å². The Kier molecular flexibility index (Phi) is 4.45. The van der Waals surface area contributed by atoms with Crippen LogP contribution in [0.25, 0.3) is 0 Å².